The van der Waals surface area contributed by atoms with E-state index in [1.807, 2.05) is 13.8 Å². The van der Waals surface area contributed by atoms with E-state index in [9.17, 15) is 14.9 Å². The van der Waals surface area contributed by atoms with E-state index in [4.69, 9.17) is 0 Å². The van der Waals surface area contributed by atoms with Crippen LogP contribution >= 0.6 is 0 Å². The van der Waals surface area contributed by atoms with Crippen molar-refractivity contribution >= 4 is 5.91 Å². The molecule has 0 saturated heterocycles. The van der Waals surface area contributed by atoms with Crippen molar-refractivity contribution in [2.45, 2.75) is 33.2 Å². The Hall–Kier alpha value is -1.13. The first kappa shape index (κ1) is 11.9. The molecule has 5 heteroatoms. The van der Waals surface area contributed by atoms with E-state index in [-0.39, 0.29) is 12.3 Å². The van der Waals surface area contributed by atoms with Gasteiger partial charge in [0.25, 0.3) is 11.9 Å². The summed E-state index contributed by atoms with van der Waals surface area (Å²) in [4.78, 5) is 22.9. The Bertz CT molecular complexity index is 190. The Morgan fingerprint density at radius 3 is 2.08 bits per heavy atom. The van der Waals surface area contributed by atoms with Crippen LogP contribution in [-0.4, -0.2) is 34.9 Å². The monoisotopic (exact) mass is 188 g/mol. The summed E-state index contributed by atoms with van der Waals surface area (Å²) in [6.45, 7) is 6.33. The second-order valence-electron chi connectivity index (χ2n) is 2.72. The van der Waals surface area contributed by atoms with E-state index in [0.29, 0.717) is 13.1 Å². The molecule has 13 heavy (non-hydrogen) atoms. The maximum Gasteiger partial charge on any atom is 0.297 e. The molecule has 1 unspecified atom stereocenters. The molecule has 1 atom stereocenters. The van der Waals surface area contributed by atoms with Gasteiger partial charge in [0.15, 0.2) is 0 Å². The highest BCUT2D eigenvalue weighted by molar-refractivity contribution is 5.80. The molecule has 0 radical (unpaired) electrons. The smallest absolute Gasteiger partial charge is 0.297 e. The van der Waals surface area contributed by atoms with Crippen LogP contribution < -0.4 is 0 Å². The molecular weight excluding hydrogens is 172 g/mol. The quantitative estimate of drug-likeness (QED) is 0.476. The van der Waals surface area contributed by atoms with Crippen LogP contribution in [0, 0.1) is 10.1 Å². The maximum atomic E-state index is 11.5. The fraction of sp³-hybridized carbons (Fsp3) is 0.875. The first-order valence-electron chi connectivity index (χ1n) is 4.50. The van der Waals surface area contributed by atoms with Gasteiger partial charge < -0.3 is 4.90 Å². The predicted molar refractivity (Wildman–Crippen MR) is 49.0 cm³/mol. The number of likely N-dealkylation sites (N-methyl/N-ethyl adjacent to an activating group) is 1. The lowest BCUT2D eigenvalue weighted by atomic mass is 10.2. The van der Waals surface area contributed by atoms with Crippen molar-refractivity contribution in [1.82, 2.24) is 4.90 Å². The van der Waals surface area contributed by atoms with E-state index in [2.05, 4.69) is 0 Å². The molecule has 0 aliphatic heterocycles. The highest BCUT2D eigenvalue weighted by atomic mass is 16.6. The second-order valence-corrected chi connectivity index (χ2v) is 2.72. The molecule has 0 bridgehead atoms. The average molecular weight is 188 g/mol. The minimum atomic E-state index is -1.07. The van der Waals surface area contributed by atoms with Crippen LogP contribution in [0.2, 0.25) is 0 Å². The number of rotatable bonds is 5. The minimum absolute atomic E-state index is 0.252. The van der Waals surface area contributed by atoms with Gasteiger partial charge in [0.05, 0.1) is 0 Å². The lowest BCUT2D eigenvalue weighted by Crippen LogP contribution is -2.42. The van der Waals surface area contributed by atoms with Crippen LogP contribution in [0.4, 0.5) is 0 Å². The molecule has 1 amide bonds. The molecule has 0 aliphatic rings. The summed E-state index contributed by atoms with van der Waals surface area (Å²) >= 11 is 0. The summed E-state index contributed by atoms with van der Waals surface area (Å²) in [7, 11) is 0. The lowest BCUT2D eigenvalue weighted by Gasteiger charge is -2.19. The third-order valence-electron chi connectivity index (χ3n) is 2.00. The summed E-state index contributed by atoms with van der Waals surface area (Å²) < 4.78 is 0. The maximum absolute atomic E-state index is 11.5. The minimum Gasteiger partial charge on any atom is -0.337 e. The normalized spacial score (nSPS) is 12.2. The van der Waals surface area contributed by atoms with Crippen LogP contribution in [0.15, 0.2) is 0 Å². The van der Waals surface area contributed by atoms with E-state index in [0.717, 1.165) is 0 Å². The van der Waals surface area contributed by atoms with Gasteiger partial charge in [0, 0.05) is 24.4 Å². The first-order valence-corrected chi connectivity index (χ1v) is 4.50. The van der Waals surface area contributed by atoms with Crippen molar-refractivity contribution in [2.75, 3.05) is 13.1 Å². The molecule has 0 rings (SSSR count). The lowest BCUT2D eigenvalue weighted by molar-refractivity contribution is -0.509. The molecule has 0 aromatic carbocycles. The number of nitro groups is 1. The van der Waals surface area contributed by atoms with Crippen molar-refractivity contribution in [1.29, 1.82) is 0 Å². The number of hydrogen-bond acceptors (Lipinski definition) is 3. The number of nitrogens with zero attached hydrogens (tertiary/aromatic N) is 2. The van der Waals surface area contributed by atoms with Crippen molar-refractivity contribution in [3.05, 3.63) is 10.1 Å². The van der Waals surface area contributed by atoms with Crippen LogP contribution in [-0.2, 0) is 4.79 Å². The summed E-state index contributed by atoms with van der Waals surface area (Å²) in [6.07, 6.45) is 0.252. The molecule has 0 fully saturated rings. The average Bonchev–Trinajstić information content (AvgIpc) is 2.07. The van der Waals surface area contributed by atoms with Gasteiger partial charge in [0.1, 0.15) is 0 Å². The Morgan fingerprint density at radius 1 is 1.38 bits per heavy atom. The zero-order chi connectivity index (χ0) is 10.4. The van der Waals surface area contributed by atoms with Crippen LogP contribution in [0.1, 0.15) is 27.2 Å². The Morgan fingerprint density at radius 2 is 1.85 bits per heavy atom. The van der Waals surface area contributed by atoms with Crippen LogP contribution in [0.25, 0.3) is 0 Å². The van der Waals surface area contributed by atoms with Gasteiger partial charge in [-0.15, -0.1) is 0 Å². The zero-order valence-corrected chi connectivity index (χ0v) is 8.32. The van der Waals surface area contributed by atoms with E-state index in [1.165, 1.54) is 4.90 Å². The molecule has 5 nitrogen and oxygen atoms in total. The third-order valence-corrected chi connectivity index (χ3v) is 2.00. The van der Waals surface area contributed by atoms with E-state index in [1.54, 1.807) is 6.92 Å². The van der Waals surface area contributed by atoms with Gasteiger partial charge in [-0.3, -0.25) is 14.9 Å². The van der Waals surface area contributed by atoms with Crippen molar-refractivity contribution in [2.24, 2.45) is 0 Å². The van der Waals surface area contributed by atoms with Crippen LogP contribution in [0.5, 0.6) is 0 Å². The summed E-state index contributed by atoms with van der Waals surface area (Å²) in [5.74, 6) is -0.377. The SMILES string of the molecule is CCC(C(=O)N(CC)CC)[N+](=O)[O-]. The van der Waals surface area contributed by atoms with Gasteiger partial charge in [0.2, 0.25) is 0 Å². The van der Waals surface area contributed by atoms with Crippen molar-refractivity contribution in [3.63, 3.8) is 0 Å². The summed E-state index contributed by atoms with van der Waals surface area (Å²) in [6, 6.07) is -1.07. The van der Waals surface area contributed by atoms with Crippen molar-refractivity contribution < 1.29 is 9.72 Å². The van der Waals surface area contributed by atoms with E-state index < -0.39 is 11.0 Å². The number of carbonyl (C=O) groups excluding carboxylic acids is 1. The molecule has 0 saturated carbocycles. The largest absolute Gasteiger partial charge is 0.337 e. The number of carbonyl (C=O) groups is 1. The standard InChI is InChI=1S/C8H16N2O3/c1-4-7(10(12)13)8(11)9(5-2)6-3/h7H,4-6H2,1-3H3. The fourth-order valence-corrected chi connectivity index (χ4v) is 1.16. The van der Waals surface area contributed by atoms with Crippen LogP contribution in [0.3, 0.4) is 0 Å². The summed E-state index contributed by atoms with van der Waals surface area (Å²) in [5.41, 5.74) is 0. The fourth-order valence-electron chi connectivity index (χ4n) is 1.16. The van der Waals surface area contributed by atoms with E-state index >= 15 is 0 Å². The molecule has 76 valence electrons. The van der Waals surface area contributed by atoms with Crippen molar-refractivity contribution in [3.8, 4) is 0 Å². The topological polar surface area (TPSA) is 63.5 Å². The number of hydrogen-bond donors (Lipinski definition) is 0. The summed E-state index contributed by atoms with van der Waals surface area (Å²) in [5, 5.41) is 10.5. The van der Waals surface area contributed by atoms with Gasteiger partial charge in [-0.25, -0.2) is 0 Å². The molecule has 0 N–H and O–H groups in total. The Balaban J connectivity index is 4.43. The number of amides is 1. The van der Waals surface area contributed by atoms with Gasteiger partial charge in [-0.1, -0.05) is 6.92 Å². The predicted octanol–water partition coefficient (Wildman–Crippen LogP) is 0.910. The molecule has 0 aromatic heterocycles. The van der Waals surface area contributed by atoms with Gasteiger partial charge in [-0.2, -0.15) is 0 Å². The molecular formula is C8H16N2O3. The highest BCUT2D eigenvalue weighted by Crippen LogP contribution is 2.02. The zero-order valence-electron chi connectivity index (χ0n) is 8.32. The Labute approximate surface area is 77.9 Å². The molecule has 0 aromatic rings. The second kappa shape index (κ2) is 5.50. The third kappa shape index (κ3) is 3.01. The Kier molecular flexibility index (Phi) is 5.03. The molecule has 0 heterocycles. The molecule has 0 spiro atoms. The van der Waals surface area contributed by atoms with Gasteiger partial charge >= 0.3 is 0 Å². The highest BCUT2D eigenvalue weighted by Gasteiger charge is 2.30. The first-order chi connectivity index (χ1) is 6.08. The van der Waals surface area contributed by atoms with Gasteiger partial charge in [-0.05, 0) is 13.8 Å². The molecule has 0 aliphatic carbocycles.